The SMILES string of the molecule is CCC(C)c1ccc(C(=O)O)c(=O)[nH]1. The van der Waals surface area contributed by atoms with Crippen molar-refractivity contribution in [2.45, 2.75) is 26.2 Å². The highest BCUT2D eigenvalue weighted by Gasteiger charge is 2.10. The Morgan fingerprint density at radius 3 is 2.64 bits per heavy atom. The second-order valence-corrected chi connectivity index (χ2v) is 3.27. The Bertz CT molecular complexity index is 395. The number of carbonyl (C=O) groups is 1. The average molecular weight is 195 g/mol. The zero-order valence-corrected chi connectivity index (χ0v) is 8.20. The van der Waals surface area contributed by atoms with Crippen LogP contribution in [0.1, 0.15) is 42.2 Å². The highest BCUT2D eigenvalue weighted by atomic mass is 16.4. The number of hydrogen-bond acceptors (Lipinski definition) is 2. The molecule has 14 heavy (non-hydrogen) atoms. The lowest BCUT2D eigenvalue weighted by molar-refractivity contribution is 0.0695. The zero-order chi connectivity index (χ0) is 10.7. The fourth-order valence-corrected chi connectivity index (χ4v) is 1.16. The first kappa shape index (κ1) is 10.5. The van der Waals surface area contributed by atoms with Crippen molar-refractivity contribution < 1.29 is 9.90 Å². The highest BCUT2D eigenvalue weighted by molar-refractivity contribution is 5.86. The number of aromatic amines is 1. The first-order valence-electron chi connectivity index (χ1n) is 4.52. The monoisotopic (exact) mass is 195 g/mol. The Morgan fingerprint density at radius 2 is 2.21 bits per heavy atom. The summed E-state index contributed by atoms with van der Waals surface area (Å²) in [5, 5.41) is 8.63. The molecule has 1 atom stereocenters. The summed E-state index contributed by atoms with van der Waals surface area (Å²) in [4.78, 5) is 24.4. The summed E-state index contributed by atoms with van der Waals surface area (Å²) in [7, 11) is 0. The van der Waals surface area contributed by atoms with Gasteiger partial charge in [0.15, 0.2) is 0 Å². The number of rotatable bonds is 3. The van der Waals surface area contributed by atoms with Gasteiger partial charge in [-0.25, -0.2) is 4.79 Å². The molecule has 0 bridgehead atoms. The lowest BCUT2D eigenvalue weighted by Gasteiger charge is -2.07. The van der Waals surface area contributed by atoms with Crippen molar-refractivity contribution in [3.8, 4) is 0 Å². The second-order valence-electron chi connectivity index (χ2n) is 3.27. The zero-order valence-electron chi connectivity index (χ0n) is 8.20. The van der Waals surface area contributed by atoms with Crippen LogP contribution in [0.4, 0.5) is 0 Å². The van der Waals surface area contributed by atoms with E-state index in [9.17, 15) is 9.59 Å². The van der Waals surface area contributed by atoms with Crippen molar-refractivity contribution in [3.63, 3.8) is 0 Å². The topological polar surface area (TPSA) is 70.2 Å². The normalized spacial score (nSPS) is 12.4. The average Bonchev–Trinajstić information content (AvgIpc) is 2.15. The predicted octanol–water partition coefficient (Wildman–Crippen LogP) is 1.59. The first-order valence-corrected chi connectivity index (χ1v) is 4.52. The van der Waals surface area contributed by atoms with Gasteiger partial charge in [0.2, 0.25) is 0 Å². The molecule has 1 aromatic heterocycles. The van der Waals surface area contributed by atoms with Gasteiger partial charge in [0.1, 0.15) is 5.56 Å². The van der Waals surface area contributed by atoms with Crippen molar-refractivity contribution in [2.24, 2.45) is 0 Å². The van der Waals surface area contributed by atoms with E-state index in [0.29, 0.717) is 0 Å². The number of pyridine rings is 1. The third kappa shape index (κ3) is 2.02. The van der Waals surface area contributed by atoms with Gasteiger partial charge in [-0.1, -0.05) is 13.8 Å². The second kappa shape index (κ2) is 4.09. The van der Waals surface area contributed by atoms with Gasteiger partial charge in [-0.3, -0.25) is 4.79 Å². The lowest BCUT2D eigenvalue weighted by Crippen LogP contribution is -2.19. The molecule has 0 fully saturated rings. The molecule has 0 saturated heterocycles. The number of carboxylic acids is 1. The maximum Gasteiger partial charge on any atom is 0.341 e. The molecule has 76 valence electrons. The number of nitrogens with one attached hydrogen (secondary N) is 1. The van der Waals surface area contributed by atoms with Crippen LogP contribution < -0.4 is 5.56 Å². The van der Waals surface area contributed by atoms with Crippen molar-refractivity contribution in [1.82, 2.24) is 4.98 Å². The molecule has 4 heteroatoms. The van der Waals surface area contributed by atoms with E-state index >= 15 is 0 Å². The third-order valence-electron chi connectivity index (χ3n) is 2.31. The fraction of sp³-hybridized carbons (Fsp3) is 0.400. The van der Waals surface area contributed by atoms with Crippen LogP contribution in [0.3, 0.4) is 0 Å². The Labute approximate surface area is 81.6 Å². The summed E-state index contributed by atoms with van der Waals surface area (Å²) < 4.78 is 0. The molecular formula is C10H13NO3. The Hall–Kier alpha value is -1.58. The molecule has 1 heterocycles. The molecule has 0 spiro atoms. The van der Waals surface area contributed by atoms with Gasteiger partial charge in [-0.15, -0.1) is 0 Å². The molecule has 2 N–H and O–H groups in total. The summed E-state index contributed by atoms with van der Waals surface area (Å²) in [5.41, 5.74) is 0.0369. The third-order valence-corrected chi connectivity index (χ3v) is 2.31. The largest absolute Gasteiger partial charge is 0.477 e. The van der Waals surface area contributed by atoms with Crippen molar-refractivity contribution in [2.75, 3.05) is 0 Å². The number of aromatic nitrogens is 1. The maximum absolute atomic E-state index is 11.3. The van der Waals surface area contributed by atoms with Gasteiger partial charge < -0.3 is 10.1 Å². The smallest absolute Gasteiger partial charge is 0.341 e. The van der Waals surface area contributed by atoms with Crippen molar-refractivity contribution >= 4 is 5.97 Å². The standard InChI is InChI=1S/C10H13NO3/c1-3-6(2)8-5-4-7(10(13)14)9(12)11-8/h4-6H,3H2,1-2H3,(H,11,12)(H,13,14). The summed E-state index contributed by atoms with van der Waals surface area (Å²) in [6.45, 7) is 3.99. The number of carboxylic acid groups (broad SMARTS) is 1. The van der Waals surface area contributed by atoms with Gasteiger partial charge in [-0.2, -0.15) is 0 Å². The molecule has 1 unspecified atom stereocenters. The van der Waals surface area contributed by atoms with E-state index < -0.39 is 11.5 Å². The minimum atomic E-state index is -1.19. The molecule has 4 nitrogen and oxygen atoms in total. The molecule has 1 rings (SSSR count). The summed E-state index contributed by atoms with van der Waals surface area (Å²) in [6.07, 6.45) is 0.905. The summed E-state index contributed by atoms with van der Waals surface area (Å²) >= 11 is 0. The van der Waals surface area contributed by atoms with Gasteiger partial charge >= 0.3 is 5.97 Å². The van der Waals surface area contributed by atoms with Crippen LogP contribution in [-0.2, 0) is 0 Å². The van der Waals surface area contributed by atoms with Gasteiger partial charge in [-0.05, 0) is 24.5 Å². The molecule has 1 aromatic rings. The van der Waals surface area contributed by atoms with E-state index in [4.69, 9.17) is 5.11 Å². The van der Waals surface area contributed by atoms with Crippen LogP contribution >= 0.6 is 0 Å². The van der Waals surface area contributed by atoms with Crippen LogP contribution in [0, 0.1) is 0 Å². The Kier molecular flexibility index (Phi) is 3.06. The number of H-pyrrole nitrogens is 1. The molecular weight excluding hydrogens is 182 g/mol. The maximum atomic E-state index is 11.3. The number of aromatic carboxylic acids is 1. The molecule has 0 aromatic carbocycles. The molecule has 0 aliphatic carbocycles. The minimum absolute atomic E-state index is 0.211. The molecule has 0 saturated carbocycles. The first-order chi connectivity index (χ1) is 6.56. The molecule has 0 aliphatic rings. The Morgan fingerprint density at radius 1 is 1.57 bits per heavy atom. The van der Waals surface area contributed by atoms with E-state index in [1.165, 1.54) is 6.07 Å². The van der Waals surface area contributed by atoms with Crippen LogP contribution in [-0.4, -0.2) is 16.1 Å². The quantitative estimate of drug-likeness (QED) is 0.769. The van der Waals surface area contributed by atoms with E-state index in [1.54, 1.807) is 6.07 Å². The molecule has 0 amide bonds. The van der Waals surface area contributed by atoms with E-state index in [-0.39, 0.29) is 11.5 Å². The van der Waals surface area contributed by atoms with Crippen molar-refractivity contribution in [3.05, 3.63) is 33.7 Å². The van der Waals surface area contributed by atoms with Crippen molar-refractivity contribution in [1.29, 1.82) is 0 Å². The molecule has 0 radical (unpaired) electrons. The van der Waals surface area contributed by atoms with Gasteiger partial charge in [0.05, 0.1) is 0 Å². The van der Waals surface area contributed by atoms with E-state index in [2.05, 4.69) is 4.98 Å². The summed E-state index contributed by atoms with van der Waals surface area (Å²) in [5.74, 6) is -0.951. The van der Waals surface area contributed by atoms with Crippen LogP contribution in [0.2, 0.25) is 0 Å². The van der Waals surface area contributed by atoms with Crippen LogP contribution in [0.25, 0.3) is 0 Å². The minimum Gasteiger partial charge on any atom is -0.477 e. The van der Waals surface area contributed by atoms with Crippen LogP contribution in [0.15, 0.2) is 16.9 Å². The van der Waals surface area contributed by atoms with Gasteiger partial charge in [0.25, 0.3) is 5.56 Å². The highest BCUT2D eigenvalue weighted by Crippen LogP contribution is 2.14. The van der Waals surface area contributed by atoms with Gasteiger partial charge in [0, 0.05) is 5.69 Å². The fourth-order valence-electron chi connectivity index (χ4n) is 1.16. The van der Waals surface area contributed by atoms with Crippen LogP contribution in [0.5, 0.6) is 0 Å². The van der Waals surface area contributed by atoms with E-state index in [0.717, 1.165) is 12.1 Å². The Balaban J connectivity index is 3.13. The van der Waals surface area contributed by atoms with E-state index in [1.807, 2.05) is 13.8 Å². The summed E-state index contributed by atoms with van der Waals surface area (Å²) in [6, 6.07) is 3.00. The predicted molar refractivity (Wildman–Crippen MR) is 52.7 cm³/mol. The number of hydrogen-bond donors (Lipinski definition) is 2. The molecule has 0 aliphatic heterocycles. The lowest BCUT2D eigenvalue weighted by atomic mass is 10.0.